The summed E-state index contributed by atoms with van der Waals surface area (Å²) in [6.07, 6.45) is 0. The summed E-state index contributed by atoms with van der Waals surface area (Å²) < 4.78 is 0.249. The third kappa shape index (κ3) is 1.51. The maximum Gasteiger partial charge on any atom is 0.330 e. The summed E-state index contributed by atoms with van der Waals surface area (Å²) in [6, 6.07) is 2.77. The van der Waals surface area contributed by atoms with Gasteiger partial charge in [0.05, 0.1) is 9.40 Å². The van der Waals surface area contributed by atoms with Crippen molar-refractivity contribution in [2.24, 2.45) is 0 Å². The molecule has 64 valence electrons. The maximum absolute atomic E-state index is 10.3. The number of halogens is 2. The van der Waals surface area contributed by atoms with Crippen molar-refractivity contribution < 1.29 is 10.0 Å². The summed E-state index contributed by atoms with van der Waals surface area (Å²) in [4.78, 5) is 9.60. The summed E-state index contributed by atoms with van der Waals surface area (Å²) in [5.41, 5.74) is -0.481. The van der Waals surface area contributed by atoms with Crippen LogP contribution in [0.3, 0.4) is 0 Å². The Labute approximate surface area is 81.0 Å². The number of phenols is 1. The predicted molar refractivity (Wildman–Crippen MR) is 47.5 cm³/mol. The van der Waals surface area contributed by atoms with Gasteiger partial charge in [-0.25, -0.2) is 0 Å². The summed E-state index contributed by atoms with van der Waals surface area (Å²) in [5.74, 6) is -0.451. The number of benzene rings is 1. The van der Waals surface area contributed by atoms with Gasteiger partial charge in [-0.1, -0.05) is 11.6 Å². The summed E-state index contributed by atoms with van der Waals surface area (Å²) in [5, 5.41) is 19.4. The molecule has 0 amide bonds. The van der Waals surface area contributed by atoms with Crippen LogP contribution in [0.1, 0.15) is 0 Å². The zero-order valence-electron chi connectivity index (χ0n) is 5.62. The van der Waals surface area contributed by atoms with Crippen LogP contribution in [0.2, 0.25) is 5.02 Å². The average molecular weight is 252 g/mol. The lowest BCUT2D eigenvalue weighted by atomic mass is 10.3. The average Bonchev–Trinajstić information content (AvgIpc) is 1.97. The van der Waals surface area contributed by atoms with Crippen LogP contribution < -0.4 is 0 Å². The van der Waals surface area contributed by atoms with E-state index in [1.54, 1.807) is 0 Å². The lowest BCUT2D eigenvalue weighted by Crippen LogP contribution is -1.89. The minimum absolute atomic E-state index is 0.0827. The number of hydrogen-bond donors (Lipinski definition) is 1. The number of nitro benzene ring substituents is 1. The molecule has 0 atom stereocenters. The van der Waals surface area contributed by atoms with Crippen LogP contribution >= 0.6 is 27.5 Å². The number of nitro groups is 1. The fourth-order valence-corrected chi connectivity index (χ4v) is 1.25. The second-order valence-corrected chi connectivity index (χ2v) is 3.25. The van der Waals surface area contributed by atoms with E-state index in [-0.39, 0.29) is 9.50 Å². The highest BCUT2D eigenvalue weighted by Gasteiger charge is 2.20. The summed E-state index contributed by atoms with van der Waals surface area (Å²) in [6.45, 7) is 0. The minimum atomic E-state index is -0.734. The number of rotatable bonds is 1. The van der Waals surface area contributed by atoms with Gasteiger partial charge in [0, 0.05) is 0 Å². The fraction of sp³-hybridized carbons (Fsp3) is 0. The second-order valence-electron chi connectivity index (χ2n) is 1.98. The van der Waals surface area contributed by atoms with E-state index in [4.69, 9.17) is 11.6 Å². The van der Waals surface area contributed by atoms with Crippen molar-refractivity contribution in [3.63, 3.8) is 0 Å². The molecule has 4 nitrogen and oxygen atoms in total. The Hall–Kier alpha value is -0.810. The molecule has 0 aliphatic carbocycles. The molecule has 0 saturated heterocycles. The Morgan fingerprint density at radius 2 is 2.17 bits per heavy atom. The van der Waals surface area contributed by atoms with Gasteiger partial charge in [-0.15, -0.1) is 0 Å². The molecule has 0 aliphatic heterocycles. The molecule has 0 fully saturated rings. The van der Waals surface area contributed by atoms with Crippen molar-refractivity contribution in [1.82, 2.24) is 0 Å². The van der Waals surface area contributed by atoms with Gasteiger partial charge in [0.15, 0.2) is 0 Å². The van der Waals surface area contributed by atoms with Crippen LogP contribution in [0.5, 0.6) is 5.75 Å². The van der Waals surface area contributed by atoms with Gasteiger partial charge in [-0.05, 0) is 28.1 Å². The molecule has 1 rings (SSSR count). The summed E-state index contributed by atoms with van der Waals surface area (Å²) in [7, 11) is 0. The Morgan fingerprint density at radius 3 is 2.58 bits per heavy atom. The van der Waals surface area contributed by atoms with Gasteiger partial charge < -0.3 is 5.11 Å². The van der Waals surface area contributed by atoms with Crippen LogP contribution in [0.15, 0.2) is 16.6 Å². The molecule has 0 unspecified atom stereocenters. The molecule has 0 aliphatic rings. The van der Waals surface area contributed by atoms with E-state index >= 15 is 0 Å². The highest BCUT2D eigenvalue weighted by Crippen LogP contribution is 2.38. The third-order valence-electron chi connectivity index (χ3n) is 1.24. The van der Waals surface area contributed by atoms with Crippen LogP contribution in [0.25, 0.3) is 0 Å². The first-order valence-electron chi connectivity index (χ1n) is 2.85. The van der Waals surface area contributed by atoms with E-state index in [1.807, 2.05) is 0 Å². The van der Waals surface area contributed by atoms with Gasteiger partial charge in [-0.3, -0.25) is 10.1 Å². The second kappa shape index (κ2) is 3.28. The normalized spacial score (nSPS) is 9.83. The van der Waals surface area contributed by atoms with Crippen molar-refractivity contribution in [3.05, 3.63) is 31.7 Å². The van der Waals surface area contributed by atoms with Crippen molar-refractivity contribution in [3.8, 4) is 5.75 Å². The van der Waals surface area contributed by atoms with Crippen molar-refractivity contribution in [2.75, 3.05) is 0 Å². The quantitative estimate of drug-likeness (QED) is 0.617. The molecule has 1 aromatic rings. The predicted octanol–water partition coefficient (Wildman–Crippen LogP) is 2.72. The molecule has 0 spiro atoms. The Morgan fingerprint density at radius 1 is 1.58 bits per heavy atom. The standard InChI is InChI=1S/C6H3BrClNO3/c7-3-1-2-4(8)5(6(3)10)9(11)12/h1-2,10H. The first-order chi connectivity index (χ1) is 5.54. The molecule has 0 bridgehead atoms. The van der Waals surface area contributed by atoms with Gasteiger partial charge in [0.1, 0.15) is 5.02 Å². The molecule has 0 heterocycles. The van der Waals surface area contributed by atoms with Gasteiger partial charge in [-0.2, -0.15) is 0 Å². The minimum Gasteiger partial charge on any atom is -0.501 e. The lowest BCUT2D eigenvalue weighted by Gasteiger charge is -1.99. The molecule has 0 aromatic heterocycles. The van der Waals surface area contributed by atoms with Gasteiger partial charge in [0.2, 0.25) is 5.75 Å². The number of phenolic OH excluding ortho intramolecular Hbond substituents is 1. The first kappa shape index (κ1) is 9.28. The molecule has 12 heavy (non-hydrogen) atoms. The smallest absolute Gasteiger partial charge is 0.330 e. The summed E-state index contributed by atoms with van der Waals surface area (Å²) >= 11 is 8.41. The van der Waals surface area contributed by atoms with Crippen molar-refractivity contribution in [1.29, 1.82) is 0 Å². The molecule has 1 aromatic carbocycles. The van der Waals surface area contributed by atoms with Crippen molar-refractivity contribution >= 4 is 33.2 Å². The fourth-order valence-electron chi connectivity index (χ4n) is 0.704. The first-order valence-corrected chi connectivity index (χ1v) is 4.02. The van der Waals surface area contributed by atoms with E-state index in [0.29, 0.717) is 0 Å². The monoisotopic (exact) mass is 251 g/mol. The zero-order chi connectivity index (χ0) is 9.30. The maximum atomic E-state index is 10.3. The number of nitrogens with zero attached hydrogens (tertiary/aromatic N) is 1. The molecule has 0 saturated carbocycles. The van der Waals surface area contributed by atoms with E-state index in [2.05, 4.69) is 15.9 Å². The third-order valence-corrected chi connectivity index (χ3v) is 2.18. The highest BCUT2D eigenvalue weighted by atomic mass is 79.9. The number of aromatic hydroxyl groups is 1. The largest absolute Gasteiger partial charge is 0.501 e. The Balaban J connectivity index is 3.43. The van der Waals surface area contributed by atoms with Crippen LogP contribution in [0, 0.1) is 10.1 Å². The van der Waals surface area contributed by atoms with Crippen LogP contribution in [-0.2, 0) is 0 Å². The Kier molecular flexibility index (Phi) is 2.54. The highest BCUT2D eigenvalue weighted by molar-refractivity contribution is 9.10. The van der Waals surface area contributed by atoms with Crippen molar-refractivity contribution in [2.45, 2.75) is 0 Å². The molecule has 0 radical (unpaired) electrons. The molecule has 1 N–H and O–H groups in total. The lowest BCUT2D eigenvalue weighted by molar-refractivity contribution is -0.385. The topological polar surface area (TPSA) is 63.4 Å². The van der Waals surface area contributed by atoms with Gasteiger partial charge in [0.25, 0.3) is 0 Å². The SMILES string of the molecule is O=[N+]([O-])c1c(Cl)ccc(Br)c1O. The number of hydrogen-bond acceptors (Lipinski definition) is 3. The molecule has 6 heteroatoms. The van der Waals surface area contributed by atoms with E-state index < -0.39 is 16.4 Å². The Bertz CT molecular complexity index is 342. The van der Waals surface area contributed by atoms with Gasteiger partial charge >= 0.3 is 5.69 Å². The van der Waals surface area contributed by atoms with Crippen LogP contribution in [-0.4, -0.2) is 10.0 Å². The van der Waals surface area contributed by atoms with Crippen LogP contribution in [0.4, 0.5) is 5.69 Å². The van der Waals surface area contributed by atoms with E-state index in [0.717, 1.165) is 0 Å². The van der Waals surface area contributed by atoms with E-state index in [9.17, 15) is 15.2 Å². The molecular weight excluding hydrogens is 249 g/mol. The zero-order valence-corrected chi connectivity index (χ0v) is 7.96. The van der Waals surface area contributed by atoms with E-state index in [1.165, 1.54) is 12.1 Å². The molecular formula is C6H3BrClNO3.